The van der Waals surface area contributed by atoms with Crippen LogP contribution < -0.4 is 5.49 Å². The van der Waals surface area contributed by atoms with Crippen LogP contribution in [0.4, 0.5) is 0 Å². The Balaban J connectivity index is 1.58. The summed E-state index contributed by atoms with van der Waals surface area (Å²) in [6, 6.07) is 0. The molecule has 0 spiro atoms. The highest BCUT2D eigenvalue weighted by Gasteiger charge is 2.48. The van der Waals surface area contributed by atoms with E-state index in [0.717, 1.165) is 10.9 Å². The van der Waals surface area contributed by atoms with E-state index in [-0.39, 0.29) is 16.7 Å². The Morgan fingerprint density at radius 2 is 1.31 bits per heavy atom. The lowest BCUT2D eigenvalue weighted by Crippen LogP contribution is -2.36. The number of phosphoric acid groups is 2. The minimum atomic E-state index is -5.26. The molecule has 2 saturated heterocycles. The monoisotopic (exact) mass is 541 g/mol. The molecule has 0 saturated carbocycles. The summed E-state index contributed by atoms with van der Waals surface area (Å²) in [4.78, 5) is 27.9. The summed E-state index contributed by atoms with van der Waals surface area (Å²) in [6.07, 6.45) is -9.71. The maximum absolute atomic E-state index is 12.2. The van der Waals surface area contributed by atoms with Gasteiger partial charge in [-0.25, -0.2) is 19.1 Å². The number of nitrogens with one attached hydrogen (secondary N) is 1. The second kappa shape index (κ2) is 8.74. The predicted octanol–water partition coefficient (Wildman–Crippen LogP) is -2.79. The van der Waals surface area contributed by atoms with Gasteiger partial charge >= 0.3 is 15.6 Å². The molecule has 4 aliphatic rings. The fraction of sp³-hybridized carbons (Fsp3) is 0.667. The minimum absolute atomic E-state index is 0.0169. The predicted molar refractivity (Wildman–Crippen MR) is 106 cm³/mol. The minimum Gasteiger partial charge on any atom is -0.387 e. The first-order chi connectivity index (χ1) is 16.4. The Bertz CT molecular complexity index is 1290. The summed E-state index contributed by atoms with van der Waals surface area (Å²) in [7, 11) is -10.5. The molecule has 0 amide bonds. The Labute approximate surface area is 194 Å². The quantitative estimate of drug-likeness (QED) is 0.166. The number of rotatable bonds is 0. The van der Waals surface area contributed by atoms with Gasteiger partial charge in [-0.15, -0.1) is 0 Å². The Morgan fingerprint density at radius 3 is 1.86 bits per heavy atom. The molecule has 35 heavy (non-hydrogen) atoms. The van der Waals surface area contributed by atoms with E-state index < -0.39 is 77.9 Å². The first-order valence-electron chi connectivity index (χ1n) is 10.1. The highest BCUT2D eigenvalue weighted by Crippen LogP contribution is 2.60. The number of hydrogen-bond donors (Lipinski definition) is 7. The lowest BCUT2D eigenvalue weighted by Gasteiger charge is -2.21. The van der Waals surface area contributed by atoms with Crippen molar-refractivity contribution in [3.8, 4) is 0 Å². The Hall–Kier alpha value is -1.63. The second-order valence-electron chi connectivity index (χ2n) is 8.03. The first kappa shape index (κ1) is 25.0. The number of ether oxygens (including phenoxy) is 2. The normalized spacial score (nSPS) is 44.6. The van der Waals surface area contributed by atoms with Crippen LogP contribution in [0.2, 0.25) is 0 Å². The van der Waals surface area contributed by atoms with Crippen LogP contribution in [0.15, 0.2) is 12.7 Å². The number of aliphatic hydroxyl groups excluding tert-OH is 4. The van der Waals surface area contributed by atoms with Crippen molar-refractivity contribution in [1.29, 1.82) is 5.41 Å². The van der Waals surface area contributed by atoms with Gasteiger partial charge in [-0.3, -0.25) is 23.6 Å². The molecule has 8 bridgehead atoms. The van der Waals surface area contributed by atoms with E-state index in [1.165, 1.54) is 10.9 Å². The molecule has 18 nitrogen and oxygen atoms in total. The van der Waals surface area contributed by atoms with Gasteiger partial charge in [0.05, 0.1) is 19.5 Å². The van der Waals surface area contributed by atoms with Gasteiger partial charge in [0.15, 0.2) is 29.1 Å². The number of fused-ring (bicyclic) bond motifs is 7. The molecule has 2 aromatic heterocycles. The van der Waals surface area contributed by atoms with Gasteiger partial charge in [-0.05, 0) is 0 Å². The van der Waals surface area contributed by atoms with Gasteiger partial charge in [0.25, 0.3) is 0 Å². The lowest BCUT2D eigenvalue weighted by molar-refractivity contribution is -0.0565. The van der Waals surface area contributed by atoms with E-state index in [9.17, 15) is 39.3 Å². The molecule has 6 unspecified atom stereocenters. The smallest absolute Gasteiger partial charge is 0.387 e. The summed E-state index contributed by atoms with van der Waals surface area (Å²) in [5.74, 6) is 0. The van der Waals surface area contributed by atoms with Gasteiger partial charge < -0.3 is 39.7 Å². The largest absolute Gasteiger partial charge is 0.481 e. The summed E-state index contributed by atoms with van der Waals surface area (Å²) in [6.45, 7) is -1.70. The van der Waals surface area contributed by atoms with Gasteiger partial charge in [0, 0.05) is 0 Å². The van der Waals surface area contributed by atoms with Crippen LogP contribution in [-0.4, -0.2) is 99.2 Å². The fourth-order valence-corrected chi connectivity index (χ4v) is 6.12. The standard InChI is InChI=1S/C15H21N5O13P2/c16-12-7-13-18-4-19(12)14-10(23)8(21)5(31-14)1-29-34(25,26)33-35(27,28)30-2-6-9(22)11(24)15(32-6)20(13)3-17-7/h3-6,8-11,14-16,21-24H,1-2H2,(H,25,26)(H,27,28)/t5?,6?,8-,9-,10-,11-,14?,15?/m1/s1. The zero-order valence-electron chi connectivity index (χ0n) is 17.4. The molecule has 6 rings (SSSR count). The summed E-state index contributed by atoms with van der Waals surface area (Å²) < 4.78 is 51.1. The highest BCUT2D eigenvalue weighted by molar-refractivity contribution is 7.61. The maximum atomic E-state index is 12.2. The number of hydrogen-bond acceptors (Lipinski definition) is 14. The fourth-order valence-electron chi connectivity index (χ4n) is 4.03. The summed E-state index contributed by atoms with van der Waals surface area (Å²) in [5.41, 5.74) is -0.273. The molecular weight excluding hydrogens is 520 g/mol. The van der Waals surface area contributed by atoms with Crippen LogP contribution >= 0.6 is 15.6 Å². The number of imidazole rings is 1. The molecular formula is C15H21N5O13P2. The van der Waals surface area contributed by atoms with Crippen molar-refractivity contribution in [1.82, 2.24) is 19.1 Å². The summed E-state index contributed by atoms with van der Waals surface area (Å²) >= 11 is 0. The molecule has 194 valence electrons. The lowest BCUT2D eigenvalue weighted by atomic mass is 10.1. The van der Waals surface area contributed by atoms with Crippen LogP contribution in [0.3, 0.4) is 0 Å². The zero-order chi connectivity index (χ0) is 25.3. The number of nitrogens with zero attached hydrogens (tertiary/aromatic N) is 4. The maximum Gasteiger partial charge on any atom is 0.481 e. The van der Waals surface area contributed by atoms with Crippen LogP contribution in [0.25, 0.3) is 11.2 Å². The average Bonchev–Trinajstić information content (AvgIpc) is 3.41. The van der Waals surface area contributed by atoms with Crippen LogP contribution in [0.1, 0.15) is 12.5 Å². The molecule has 0 aromatic carbocycles. The van der Waals surface area contributed by atoms with E-state index in [0.29, 0.717) is 0 Å². The van der Waals surface area contributed by atoms with Crippen molar-refractivity contribution >= 4 is 26.8 Å². The molecule has 10 atom stereocenters. The van der Waals surface area contributed by atoms with Crippen molar-refractivity contribution in [2.24, 2.45) is 0 Å². The Morgan fingerprint density at radius 1 is 0.829 bits per heavy atom. The number of aromatic nitrogens is 4. The van der Waals surface area contributed by atoms with E-state index >= 15 is 0 Å². The molecule has 0 radical (unpaired) electrons. The van der Waals surface area contributed by atoms with Crippen molar-refractivity contribution in [3.63, 3.8) is 0 Å². The van der Waals surface area contributed by atoms with Gasteiger partial charge in [-0.1, -0.05) is 0 Å². The molecule has 2 aromatic rings. The van der Waals surface area contributed by atoms with Gasteiger partial charge in [0.2, 0.25) is 0 Å². The van der Waals surface area contributed by atoms with Crippen LogP contribution in [-0.2, 0) is 32.0 Å². The average molecular weight is 541 g/mol. The molecule has 7 N–H and O–H groups in total. The highest BCUT2D eigenvalue weighted by atomic mass is 31.3. The summed E-state index contributed by atoms with van der Waals surface area (Å²) in [5, 5.41) is 50.0. The third kappa shape index (κ3) is 4.40. The van der Waals surface area contributed by atoms with Gasteiger partial charge in [-0.2, -0.15) is 4.31 Å². The van der Waals surface area contributed by atoms with E-state index in [1.807, 2.05) is 0 Å². The van der Waals surface area contributed by atoms with Crippen molar-refractivity contribution in [3.05, 3.63) is 18.1 Å². The van der Waals surface area contributed by atoms with Crippen molar-refractivity contribution in [2.45, 2.75) is 49.1 Å². The third-order valence-corrected chi connectivity index (χ3v) is 8.39. The molecule has 2 fully saturated rings. The molecule has 4 aliphatic heterocycles. The topological polar surface area (TPSA) is 261 Å². The van der Waals surface area contributed by atoms with Gasteiger partial charge in [0.1, 0.15) is 43.0 Å². The third-order valence-electron chi connectivity index (χ3n) is 5.79. The van der Waals surface area contributed by atoms with Crippen molar-refractivity contribution < 1.29 is 62.2 Å². The van der Waals surface area contributed by atoms with E-state index in [2.05, 4.69) is 23.3 Å². The van der Waals surface area contributed by atoms with E-state index in [4.69, 9.17) is 14.9 Å². The zero-order valence-corrected chi connectivity index (χ0v) is 19.2. The number of phosphoric ester groups is 2. The Kier molecular flexibility index (Phi) is 6.25. The SMILES string of the molecule is N=c1c2ncn3c2ncn1C1OC(COP(=O)(O)OP(=O)(O)OCC2OC3[C@H](O)[C@@H]2O)[C@@H](O)[C@H]1O. The van der Waals surface area contributed by atoms with Crippen LogP contribution in [0, 0.1) is 5.41 Å². The molecule has 6 heterocycles. The van der Waals surface area contributed by atoms with Crippen LogP contribution in [0.5, 0.6) is 0 Å². The number of aliphatic hydroxyl groups is 4. The first-order valence-corrected chi connectivity index (χ1v) is 13.0. The van der Waals surface area contributed by atoms with Crippen molar-refractivity contribution in [2.75, 3.05) is 13.2 Å². The van der Waals surface area contributed by atoms with E-state index in [1.54, 1.807) is 0 Å². The second-order valence-corrected chi connectivity index (χ2v) is 11.1. The molecule has 0 aliphatic carbocycles. The molecule has 20 heteroatoms.